The van der Waals surface area contributed by atoms with Crippen molar-refractivity contribution in [2.24, 2.45) is 5.73 Å². The molecule has 2 rings (SSSR count). The van der Waals surface area contributed by atoms with E-state index in [0.717, 1.165) is 17.5 Å². The van der Waals surface area contributed by atoms with Gasteiger partial charge in [0.05, 0.1) is 16.8 Å². The highest BCUT2D eigenvalue weighted by atomic mass is 32.2. The van der Waals surface area contributed by atoms with Gasteiger partial charge in [-0.25, -0.2) is 21.6 Å². The summed E-state index contributed by atoms with van der Waals surface area (Å²) in [6.45, 7) is 0.740. The lowest BCUT2D eigenvalue weighted by Crippen LogP contribution is -2.34. The van der Waals surface area contributed by atoms with Gasteiger partial charge in [0.15, 0.2) is 9.84 Å². The van der Waals surface area contributed by atoms with Crippen molar-refractivity contribution in [3.63, 3.8) is 0 Å². The number of sulfone groups is 1. The molecule has 21 heavy (non-hydrogen) atoms. The maximum Gasteiger partial charge on any atom is 0.215 e. The number of sulfonamides is 1. The first kappa shape index (κ1) is 16.4. The summed E-state index contributed by atoms with van der Waals surface area (Å²) in [5.41, 5.74) is 7.40. The zero-order valence-electron chi connectivity index (χ0n) is 11.7. The molecule has 1 aliphatic heterocycles. The third kappa shape index (κ3) is 4.50. The molecule has 0 radical (unpaired) electrons. The van der Waals surface area contributed by atoms with Gasteiger partial charge in [-0.2, -0.15) is 0 Å². The Hall–Kier alpha value is -0.960. The average molecular weight is 332 g/mol. The van der Waals surface area contributed by atoms with Gasteiger partial charge in [0.2, 0.25) is 10.0 Å². The average Bonchev–Trinajstić information content (AvgIpc) is 2.80. The van der Waals surface area contributed by atoms with E-state index in [0.29, 0.717) is 6.54 Å². The van der Waals surface area contributed by atoms with E-state index in [1.54, 1.807) is 0 Å². The van der Waals surface area contributed by atoms with Crippen LogP contribution in [0.15, 0.2) is 24.3 Å². The Morgan fingerprint density at radius 3 is 2.33 bits per heavy atom. The van der Waals surface area contributed by atoms with Gasteiger partial charge >= 0.3 is 0 Å². The van der Waals surface area contributed by atoms with Crippen LogP contribution in [0.3, 0.4) is 0 Å². The number of hydrogen-bond acceptors (Lipinski definition) is 5. The van der Waals surface area contributed by atoms with Crippen molar-refractivity contribution in [1.29, 1.82) is 0 Å². The van der Waals surface area contributed by atoms with Crippen LogP contribution in [0.5, 0.6) is 0 Å². The fourth-order valence-electron chi connectivity index (χ4n) is 2.30. The minimum Gasteiger partial charge on any atom is -0.330 e. The van der Waals surface area contributed by atoms with Gasteiger partial charge in [0.1, 0.15) is 0 Å². The Morgan fingerprint density at radius 2 is 1.81 bits per heavy atom. The zero-order chi connectivity index (χ0) is 15.5. The summed E-state index contributed by atoms with van der Waals surface area (Å²) >= 11 is 0. The second-order valence-electron chi connectivity index (χ2n) is 5.25. The van der Waals surface area contributed by atoms with Gasteiger partial charge in [-0.1, -0.05) is 24.3 Å². The first-order valence-electron chi connectivity index (χ1n) is 6.79. The molecule has 6 nitrogen and oxygen atoms in total. The molecular formula is C13H20N2O4S2. The van der Waals surface area contributed by atoms with Crippen LogP contribution >= 0.6 is 0 Å². The SMILES string of the molecule is NCCc1ccc(CNS(=O)(=O)C2CCS(=O)(=O)C2)cc1. The molecule has 0 aromatic heterocycles. The Balaban J connectivity index is 1.95. The minimum absolute atomic E-state index is 0.0492. The summed E-state index contributed by atoms with van der Waals surface area (Å²) in [4.78, 5) is 0. The monoisotopic (exact) mass is 332 g/mol. The Kier molecular flexibility index (Phi) is 5.03. The first-order valence-corrected chi connectivity index (χ1v) is 10.2. The number of benzene rings is 1. The summed E-state index contributed by atoms with van der Waals surface area (Å²) in [5, 5.41) is -0.834. The largest absolute Gasteiger partial charge is 0.330 e. The molecule has 1 heterocycles. The number of hydrogen-bond donors (Lipinski definition) is 2. The van der Waals surface area contributed by atoms with Crippen molar-refractivity contribution < 1.29 is 16.8 Å². The normalized spacial score (nSPS) is 21.5. The fraction of sp³-hybridized carbons (Fsp3) is 0.538. The molecule has 0 saturated carbocycles. The van der Waals surface area contributed by atoms with Crippen molar-refractivity contribution in [3.8, 4) is 0 Å². The first-order chi connectivity index (χ1) is 9.82. The molecule has 1 aromatic carbocycles. The molecular weight excluding hydrogens is 312 g/mol. The lowest BCUT2D eigenvalue weighted by atomic mass is 10.1. The molecule has 1 atom stereocenters. The molecule has 0 aliphatic carbocycles. The quantitative estimate of drug-likeness (QED) is 0.750. The van der Waals surface area contributed by atoms with Crippen molar-refractivity contribution in [2.75, 3.05) is 18.1 Å². The third-order valence-electron chi connectivity index (χ3n) is 3.56. The van der Waals surface area contributed by atoms with E-state index in [1.807, 2.05) is 24.3 Å². The Morgan fingerprint density at radius 1 is 1.19 bits per heavy atom. The fourth-order valence-corrected chi connectivity index (χ4v) is 6.36. The highest BCUT2D eigenvalue weighted by Crippen LogP contribution is 2.18. The summed E-state index contributed by atoms with van der Waals surface area (Å²) in [6.07, 6.45) is 0.957. The predicted octanol–water partition coefficient (Wildman–Crippen LogP) is -0.206. The van der Waals surface area contributed by atoms with Crippen molar-refractivity contribution >= 4 is 19.9 Å². The highest BCUT2D eigenvalue weighted by molar-refractivity contribution is 7.95. The molecule has 1 saturated heterocycles. The van der Waals surface area contributed by atoms with E-state index in [2.05, 4.69) is 4.72 Å². The second kappa shape index (κ2) is 6.43. The van der Waals surface area contributed by atoms with Crippen LogP contribution in [0.4, 0.5) is 0 Å². The summed E-state index contributed by atoms with van der Waals surface area (Å²) < 4.78 is 49.3. The zero-order valence-corrected chi connectivity index (χ0v) is 13.3. The van der Waals surface area contributed by atoms with Crippen LogP contribution in [0.2, 0.25) is 0 Å². The predicted molar refractivity (Wildman–Crippen MR) is 82.0 cm³/mol. The molecule has 8 heteroatoms. The van der Waals surface area contributed by atoms with E-state index in [-0.39, 0.29) is 24.5 Å². The van der Waals surface area contributed by atoms with Gasteiger partial charge in [-0.05, 0) is 30.5 Å². The van der Waals surface area contributed by atoms with Gasteiger partial charge in [0.25, 0.3) is 0 Å². The molecule has 1 aromatic rings. The van der Waals surface area contributed by atoms with Crippen LogP contribution in [-0.2, 0) is 32.8 Å². The molecule has 118 valence electrons. The molecule has 1 aliphatic rings. The third-order valence-corrected chi connectivity index (χ3v) is 7.37. The Bertz CT molecular complexity index is 681. The van der Waals surface area contributed by atoms with Gasteiger partial charge in [-0.15, -0.1) is 0 Å². The molecule has 1 fully saturated rings. The van der Waals surface area contributed by atoms with E-state index in [4.69, 9.17) is 5.73 Å². The summed E-state index contributed by atoms with van der Waals surface area (Å²) in [6, 6.07) is 7.52. The summed E-state index contributed by atoms with van der Waals surface area (Å²) in [5.74, 6) is -0.329. The number of nitrogens with two attached hydrogens (primary N) is 1. The Labute approximate surface area is 125 Å². The van der Waals surface area contributed by atoms with E-state index in [1.165, 1.54) is 0 Å². The topological polar surface area (TPSA) is 106 Å². The molecule has 0 spiro atoms. The number of rotatable bonds is 6. The van der Waals surface area contributed by atoms with Crippen LogP contribution < -0.4 is 10.5 Å². The van der Waals surface area contributed by atoms with Gasteiger partial charge in [0, 0.05) is 6.54 Å². The lowest BCUT2D eigenvalue weighted by molar-refractivity contribution is 0.568. The summed E-state index contributed by atoms with van der Waals surface area (Å²) in [7, 11) is -6.80. The van der Waals surface area contributed by atoms with Crippen molar-refractivity contribution in [2.45, 2.75) is 24.6 Å². The molecule has 0 amide bonds. The van der Waals surface area contributed by atoms with Gasteiger partial charge in [-0.3, -0.25) is 0 Å². The van der Waals surface area contributed by atoms with E-state index in [9.17, 15) is 16.8 Å². The van der Waals surface area contributed by atoms with E-state index >= 15 is 0 Å². The van der Waals surface area contributed by atoms with E-state index < -0.39 is 25.1 Å². The highest BCUT2D eigenvalue weighted by Gasteiger charge is 2.36. The lowest BCUT2D eigenvalue weighted by Gasteiger charge is -2.11. The maximum atomic E-state index is 12.1. The minimum atomic E-state index is -3.60. The number of nitrogens with one attached hydrogen (secondary N) is 1. The molecule has 3 N–H and O–H groups in total. The molecule has 1 unspecified atom stereocenters. The van der Waals surface area contributed by atoms with Crippen LogP contribution in [-0.4, -0.2) is 40.1 Å². The van der Waals surface area contributed by atoms with Crippen molar-refractivity contribution in [3.05, 3.63) is 35.4 Å². The molecule has 0 bridgehead atoms. The van der Waals surface area contributed by atoms with Crippen LogP contribution in [0, 0.1) is 0 Å². The second-order valence-corrected chi connectivity index (χ2v) is 9.52. The van der Waals surface area contributed by atoms with Gasteiger partial charge < -0.3 is 5.73 Å². The van der Waals surface area contributed by atoms with Crippen molar-refractivity contribution in [1.82, 2.24) is 4.72 Å². The van der Waals surface area contributed by atoms with Crippen LogP contribution in [0.25, 0.3) is 0 Å². The standard InChI is InChI=1S/C13H20N2O4S2/c14-7-5-11-1-3-12(4-2-11)9-15-21(18,19)13-6-8-20(16,17)10-13/h1-4,13,15H,5-10,14H2. The smallest absolute Gasteiger partial charge is 0.215 e. The van der Waals surface area contributed by atoms with Crippen LogP contribution in [0.1, 0.15) is 17.5 Å². The maximum absolute atomic E-state index is 12.1.